The first-order valence-electron chi connectivity index (χ1n) is 7.17. The van der Waals surface area contributed by atoms with Crippen LogP contribution in [0.15, 0.2) is 65.1 Å². The number of rotatable bonds is 4. The molecular formula is C18H17NO3. The second kappa shape index (κ2) is 6.03. The van der Waals surface area contributed by atoms with Crippen molar-refractivity contribution in [3.8, 4) is 0 Å². The molecule has 1 amide bonds. The molecule has 0 saturated heterocycles. The fraction of sp³-hybridized carbons (Fsp3) is 0.167. The van der Waals surface area contributed by atoms with E-state index in [1.165, 1.54) is 0 Å². The third-order valence-corrected chi connectivity index (χ3v) is 3.59. The minimum Gasteiger partial charge on any atom is -0.459 e. The molecule has 0 aliphatic heterocycles. The van der Waals surface area contributed by atoms with Crippen molar-refractivity contribution in [2.45, 2.75) is 19.1 Å². The number of hydrogen-bond acceptors (Lipinski definition) is 3. The zero-order valence-electron chi connectivity index (χ0n) is 12.2. The highest BCUT2D eigenvalue weighted by molar-refractivity contribution is 5.82. The second-order valence-electron chi connectivity index (χ2n) is 5.23. The van der Waals surface area contributed by atoms with E-state index in [1.807, 2.05) is 43.3 Å². The van der Waals surface area contributed by atoms with E-state index in [2.05, 4.69) is 5.32 Å². The van der Waals surface area contributed by atoms with Crippen molar-refractivity contribution in [2.24, 2.45) is 0 Å². The topological polar surface area (TPSA) is 62.5 Å². The lowest BCUT2D eigenvalue weighted by Gasteiger charge is -2.15. The van der Waals surface area contributed by atoms with Crippen LogP contribution in [0.25, 0.3) is 11.0 Å². The molecule has 2 N–H and O–H groups in total. The van der Waals surface area contributed by atoms with Gasteiger partial charge in [-0.15, -0.1) is 0 Å². The third-order valence-electron chi connectivity index (χ3n) is 3.59. The van der Waals surface area contributed by atoms with Crippen molar-refractivity contribution < 1.29 is 14.3 Å². The average molecular weight is 295 g/mol. The molecule has 3 aromatic rings. The van der Waals surface area contributed by atoms with Crippen LogP contribution in [0.1, 0.15) is 30.4 Å². The number of hydrogen-bond donors (Lipinski definition) is 2. The van der Waals surface area contributed by atoms with Gasteiger partial charge in [0.15, 0.2) is 6.10 Å². The largest absolute Gasteiger partial charge is 0.459 e. The monoisotopic (exact) mass is 295 g/mol. The van der Waals surface area contributed by atoms with E-state index < -0.39 is 12.0 Å². The number of para-hydroxylation sites is 1. The molecule has 4 heteroatoms. The lowest BCUT2D eigenvalue weighted by molar-refractivity contribution is -0.130. The average Bonchev–Trinajstić information content (AvgIpc) is 2.99. The van der Waals surface area contributed by atoms with Crippen LogP contribution in [-0.4, -0.2) is 11.0 Å². The Morgan fingerprint density at radius 1 is 1.09 bits per heavy atom. The molecule has 22 heavy (non-hydrogen) atoms. The molecule has 2 aromatic carbocycles. The Kier molecular flexibility index (Phi) is 3.94. The standard InChI is InChI=1S/C18H17NO3/c1-12(16-11-14-9-5-6-10-15(14)22-16)19-18(21)17(20)13-7-3-2-4-8-13/h2-12,17,20H,1H3,(H,19,21). The van der Waals surface area contributed by atoms with Gasteiger partial charge in [0.25, 0.3) is 5.91 Å². The predicted molar refractivity (Wildman–Crippen MR) is 84.2 cm³/mol. The second-order valence-corrected chi connectivity index (χ2v) is 5.23. The Morgan fingerprint density at radius 3 is 2.50 bits per heavy atom. The van der Waals surface area contributed by atoms with Crippen molar-refractivity contribution >= 4 is 16.9 Å². The molecule has 0 aliphatic rings. The van der Waals surface area contributed by atoms with Crippen LogP contribution in [0.3, 0.4) is 0 Å². The van der Waals surface area contributed by atoms with Gasteiger partial charge in [-0.05, 0) is 24.6 Å². The molecule has 0 fully saturated rings. The van der Waals surface area contributed by atoms with Crippen molar-refractivity contribution in [2.75, 3.05) is 0 Å². The number of carbonyl (C=O) groups excluding carboxylic acids is 1. The first-order chi connectivity index (χ1) is 10.6. The van der Waals surface area contributed by atoms with E-state index in [1.54, 1.807) is 24.3 Å². The van der Waals surface area contributed by atoms with Gasteiger partial charge in [-0.2, -0.15) is 0 Å². The van der Waals surface area contributed by atoms with E-state index in [4.69, 9.17) is 4.42 Å². The summed E-state index contributed by atoms with van der Waals surface area (Å²) in [5, 5.41) is 13.8. The van der Waals surface area contributed by atoms with Crippen LogP contribution in [0.4, 0.5) is 0 Å². The van der Waals surface area contributed by atoms with E-state index in [9.17, 15) is 9.90 Å². The summed E-state index contributed by atoms with van der Waals surface area (Å²) in [6, 6.07) is 18.1. The van der Waals surface area contributed by atoms with Crippen molar-refractivity contribution in [3.63, 3.8) is 0 Å². The molecule has 1 heterocycles. The predicted octanol–water partition coefficient (Wildman–Crippen LogP) is 3.34. The smallest absolute Gasteiger partial charge is 0.254 e. The number of aliphatic hydroxyl groups excluding tert-OH is 1. The highest BCUT2D eigenvalue weighted by Gasteiger charge is 2.21. The highest BCUT2D eigenvalue weighted by atomic mass is 16.3. The number of furan rings is 1. The minimum atomic E-state index is -1.19. The maximum Gasteiger partial charge on any atom is 0.254 e. The van der Waals surface area contributed by atoms with Gasteiger partial charge < -0.3 is 14.8 Å². The normalized spacial score (nSPS) is 13.7. The van der Waals surface area contributed by atoms with Gasteiger partial charge in [-0.1, -0.05) is 48.5 Å². The summed E-state index contributed by atoms with van der Waals surface area (Å²) < 4.78 is 5.72. The Morgan fingerprint density at radius 2 is 1.77 bits per heavy atom. The van der Waals surface area contributed by atoms with Gasteiger partial charge in [-0.3, -0.25) is 4.79 Å². The molecule has 112 valence electrons. The summed E-state index contributed by atoms with van der Waals surface area (Å²) >= 11 is 0. The lowest BCUT2D eigenvalue weighted by Crippen LogP contribution is -2.31. The van der Waals surface area contributed by atoms with Gasteiger partial charge in [0.1, 0.15) is 11.3 Å². The molecule has 2 atom stereocenters. The van der Waals surface area contributed by atoms with E-state index in [0.29, 0.717) is 11.3 Å². The number of benzene rings is 2. The SMILES string of the molecule is CC(NC(=O)C(O)c1ccccc1)c1cc2ccccc2o1. The van der Waals surface area contributed by atoms with Crippen LogP contribution in [0, 0.1) is 0 Å². The summed E-state index contributed by atoms with van der Waals surface area (Å²) in [5.41, 5.74) is 1.35. The minimum absolute atomic E-state index is 0.321. The number of carbonyl (C=O) groups is 1. The van der Waals surface area contributed by atoms with Crippen LogP contribution in [-0.2, 0) is 4.79 Å². The number of nitrogens with one attached hydrogen (secondary N) is 1. The van der Waals surface area contributed by atoms with Crippen LogP contribution in [0.2, 0.25) is 0 Å². The Labute approximate surface area is 128 Å². The lowest BCUT2D eigenvalue weighted by atomic mass is 10.1. The summed E-state index contributed by atoms with van der Waals surface area (Å²) in [4.78, 5) is 12.1. The summed E-state index contributed by atoms with van der Waals surface area (Å²) in [6.07, 6.45) is -1.19. The summed E-state index contributed by atoms with van der Waals surface area (Å²) in [6.45, 7) is 1.83. The number of amides is 1. The van der Waals surface area contributed by atoms with Crippen molar-refractivity contribution in [1.29, 1.82) is 0 Å². The van der Waals surface area contributed by atoms with Crippen molar-refractivity contribution in [1.82, 2.24) is 5.32 Å². The summed E-state index contributed by atoms with van der Waals surface area (Å²) in [7, 11) is 0. The molecule has 0 spiro atoms. The summed E-state index contributed by atoms with van der Waals surface area (Å²) in [5.74, 6) is 0.217. The molecule has 0 bridgehead atoms. The van der Waals surface area contributed by atoms with E-state index >= 15 is 0 Å². The first kappa shape index (κ1) is 14.4. The molecule has 3 rings (SSSR count). The van der Waals surface area contributed by atoms with Crippen molar-refractivity contribution in [3.05, 3.63) is 72.0 Å². The maximum atomic E-state index is 12.1. The number of fused-ring (bicyclic) bond motifs is 1. The molecule has 1 aromatic heterocycles. The van der Waals surface area contributed by atoms with Gasteiger partial charge in [0.2, 0.25) is 0 Å². The van der Waals surface area contributed by atoms with Gasteiger partial charge in [-0.25, -0.2) is 0 Å². The highest BCUT2D eigenvalue weighted by Crippen LogP contribution is 2.24. The Balaban J connectivity index is 1.73. The van der Waals surface area contributed by atoms with Crippen LogP contribution >= 0.6 is 0 Å². The van der Waals surface area contributed by atoms with Crippen LogP contribution in [0.5, 0.6) is 0 Å². The molecule has 0 saturated carbocycles. The quantitative estimate of drug-likeness (QED) is 0.776. The first-order valence-corrected chi connectivity index (χ1v) is 7.17. The molecular weight excluding hydrogens is 278 g/mol. The Bertz CT molecular complexity index is 746. The molecule has 2 unspecified atom stereocenters. The van der Waals surface area contributed by atoms with Gasteiger partial charge >= 0.3 is 0 Å². The maximum absolute atomic E-state index is 12.1. The number of aliphatic hydroxyl groups is 1. The fourth-order valence-electron chi connectivity index (χ4n) is 2.37. The van der Waals surface area contributed by atoms with Gasteiger partial charge in [0, 0.05) is 5.39 Å². The third kappa shape index (κ3) is 2.87. The zero-order valence-corrected chi connectivity index (χ0v) is 12.2. The van der Waals surface area contributed by atoms with E-state index in [-0.39, 0.29) is 6.04 Å². The zero-order chi connectivity index (χ0) is 15.5. The molecule has 0 aliphatic carbocycles. The van der Waals surface area contributed by atoms with E-state index in [0.717, 1.165) is 11.0 Å². The molecule has 4 nitrogen and oxygen atoms in total. The Hall–Kier alpha value is -2.59. The van der Waals surface area contributed by atoms with Crippen LogP contribution < -0.4 is 5.32 Å². The fourth-order valence-corrected chi connectivity index (χ4v) is 2.37. The molecule has 0 radical (unpaired) electrons. The van der Waals surface area contributed by atoms with Gasteiger partial charge in [0.05, 0.1) is 6.04 Å².